The van der Waals surface area contributed by atoms with Gasteiger partial charge in [0.2, 0.25) is 0 Å². The van der Waals surface area contributed by atoms with E-state index in [1.807, 2.05) is 0 Å². The van der Waals surface area contributed by atoms with Gasteiger partial charge in [0, 0.05) is 26.9 Å². The van der Waals surface area contributed by atoms with E-state index in [9.17, 15) is 30.6 Å². The minimum atomic E-state index is -1.37. The first-order valence-electron chi connectivity index (χ1n) is 6.92. The Morgan fingerprint density at radius 3 is 0.870 bits per heavy atom. The van der Waals surface area contributed by atoms with Gasteiger partial charge in [-0.2, -0.15) is 6.61 Å². The Morgan fingerprint density at radius 2 is 0.870 bits per heavy atom. The largest absolute Gasteiger partial charge is 0.855 e. The van der Waals surface area contributed by atoms with Crippen LogP contribution in [0.4, 0.5) is 0 Å². The predicted molar refractivity (Wildman–Crippen MR) is 75.7 cm³/mol. The third-order valence-electron chi connectivity index (χ3n) is 3.26. The minimum Gasteiger partial charge on any atom is -0.855 e. The van der Waals surface area contributed by atoms with E-state index >= 15 is 0 Å². The summed E-state index contributed by atoms with van der Waals surface area (Å²) < 4.78 is 0. The fourth-order valence-corrected chi connectivity index (χ4v) is 0.134. The van der Waals surface area contributed by atoms with E-state index in [0.29, 0.717) is 0 Å². The summed E-state index contributed by atoms with van der Waals surface area (Å²) in [5, 5.41) is 62.5. The van der Waals surface area contributed by atoms with Gasteiger partial charge in [-0.05, 0) is 0 Å². The fraction of sp³-hybridized carbons (Fsp3) is 1.00. The Morgan fingerprint density at radius 1 is 0.696 bits per heavy atom. The van der Waals surface area contributed by atoms with Crippen molar-refractivity contribution in [1.29, 1.82) is 0 Å². The molecule has 0 amide bonds. The van der Waals surface area contributed by atoms with Crippen LogP contribution in [0.5, 0.6) is 0 Å². The molecule has 0 aromatic rings. The van der Waals surface area contributed by atoms with Gasteiger partial charge in [-0.25, -0.2) is 0 Å². The smallest absolute Gasteiger partial charge is 0.00855 e. The molecule has 0 saturated carbocycles. The zero-order valence-electron chi connectivity index (χ0n) is 15.2. The van der Waals surface area contributed by atoms with Gasteiger partial charge in [-0.3, -0.25) is 0 Å². The summed E-state index contributed by atoms with van der Waals surface area (Å²) in [6, 6.07) is 0. The minimum absolute atomic E-state index is 0. The van der Waals surface area contributed by atoms with E-state index in [4.69, 9.17) is 11.6 Å². The molecule has 0 fully saturated rings. The molecule has 6 nitrogen and oxygen atoms in total. The maximum Gasteiger partial charge on any atom is 0.00855 e. The van der Waals surface area contributed by atoms with Crippen LogP contribution >= 0.6 is 11.6 Å². The molecular formula is C15H29ClO6W-6. The summed E-state index contributed by atoms with van der Waals surface area (Å²) in [7, 11) is 0. The van der Waals surface area contributed by atoms with Crippen LogP contribution in [0.15, 0.2) is 0 Å². The van der Waals surface area contributed by atoms with Crippen LogP contribution in [0.25, 0.3) is 0 Å². The van der Waals surface area contributed by atoms with Crippen molar-refractivity contribution in [2.24, 2.45) is 0 Å². The van der Waals surface area contributed by atoms with Gasteiger partial charge >= 0.3 is 0 Å². The predicted octanol–water partition coefficient (Wildman–Crippen LogP) is -3.16. The van der Waals surface area contributed by atoms with Crippen molar-refractivity contribution in [2.45, 2.75) is 83.9 Å². The molecule has 0 unspecified atom stereocenters. The first kappa shape index (κ1) is 31.5. The van der Waals surface area contributed by atoms with Gasteiger partial charge in [-0.1, -0.05) is 55.4 Å². The first-order valence-corrected chi connectivity index (χ1v) is 7.46. The van der Waals surface area contributed by atoms with Crippen LogP contribution in [0.3, 0.4) is 0 Å². The number of hydrogen-bond donors (Lipinski definition) is 0. The molecule has 0 N–H and O–H groups in total. The van der Waals surface area contributed by atoms with Gasteiger partial charge in [0.25, 0.3) is 0 Å². The molecule has 0 radical (unpaired) electrons. The van der Waals surface area contributed by atoms with Crippen LogP contribution in [0, 0.1) is 0 Å². The van der Waals surface area contributed by atoms with Gasteiger partial charge in [0.1, 0.15) is 0 Å². The SMILES string of the molecule is CC(C)([O-])C(C)(C)[O-].CC(C)([O-])C(C)(C)[O-].[O-]C[C@@H]([O-])CCl.[W]. The maximum absolute atomic E-state index is 10.8. The second kappa shape index (κ2) is 12.2. The van der Waals surface area contributed by atoms with Gasteiger partial charge in [0.05, 0.1) is 0 Å². The maximum atomic E-state index is 10.8. The second-order valence-corrected chi connectivity index (χ2v) is 7.29. The molecular weight excluding hydrogens is 495 g/mol. The third kappa shape index (κ3) is 18.9. The molecule has 144 valence electrons. The van der Waals surface area contributed by atoms with Crippen molar-refractivity contribution in [2.75, 3.05) is 12.5 Å². The number of halogens is 1. The molecule has 0 spiro atoms. The van der Waals surface area contributed by atoms with Crippen molar-refractivity contribution >= 4 is 11.6 Å². The normalized spacial score (nSPS) is 13.7. The van der Waals surface area contributed by atoms with E-state index in [0.717, 1.165) is 0 Å². The van der Waals surface area contributed by atoms with Gasteiger partial charge < -0.3 is 30.6 Å². The van der Waals surface area contributed by atoms with Crippen molar-refractivity contribution in [3.8, 4) is 0 Å². The second-order valence-electron chi connectivity index (χ2n) is 6.98. The Labute approximate surface area is 159 Å². The van der Waals surface area contributed by atoms with Crippen LogP contribution in [-0.4, -0.2) is 41.0 Å². The molecule has 0 aliphatic carbocycles. The average Bonchev–Trinajstić information content (AvgIpc) is 2.24. The molecule has 23 heavy (non-hydrogen) atoms. The molecule has 0 rings (SSSR count). The Bertz CT molecular complexity index is 222. The summed E-state index contributed by atoms with van der Waals surface area (Å²) >= 11 is 4.94. The molecule has 0 aliphatic heterocycles. The third-order valence-corrected chi connectivity index (χ3v) is 3.60. The summed E-state index contributed by atoms with van der Waals surface area (Å²) in [4.78, 5) is 0. The summed E-state index contributed by atoms with van der Waals surface area (Å²) in [5.41, 5.74) is -5.47. The number of alkyl halides is 1. The number of rotatable bonds is 4. The topological polar surface area (TPSA) is 138 Å². The van der Waals surface area contributed by atoms with Crippen molar-refractivity contribution < 1.29 is 51.7 Å². The van der Waals surface area contributed by atoms with E-state index in [2.05, 4.69) is 0 Å². The van der Waals surface area contributed by atoms with E-state index in [1.54, 1.807) is 0 Å². The molecule has 0 aromatic heterocycles. The van der Waals surface area contributed by atoms with Crippen molar-refractivity contribution in [3.63, 3.8) is 0 Å². The molecule has 0 saturated heterocycles. The molecule has 0 aliphatic rings. The van der Waals surface area contributed by atoms with Crippen molar-refractivity contribution in [1.82, 2.24) is 0 Å². The van der Waals surface area contributed by atoms with Crippen LogP contribution in [0.2, 0.25) is 0 Å². The monoisotopic (exact) mass is 524 g/mol. The number of hydrogen-bond acceptors (Lipinski definition) is 6. The quantitative estimate of drug-likeness (QED) is 0.356. The van der Waals surface area contributed by atoms with Gasteiger partial charge in [-0.15, -0.1) is 40.1 Å². The zero-order valence-corrected chi connectivity index (χ0v) is 18.9. The Kier molecular flexibility index (Phi) is 16.6. The summed E-state index contributed by atoms with van der Waals surface area (Å²) in [5.74, 6) is -0.0660. The Hall–Kier alpha value is 0.738. The molecule has 8 heteroatoms. The fourth-order valence-electron chi connectivity index (χ4n) is 0.0445. The zero-order chi connectivity index (χ0) is 19.0. The molecule has 0 bridgehead atoms. The molecule has 0 aromatic carbocycles. The van der Waals surface area contributed by atoms with E-state index < -0.39 is 35.1 Å². The van der Waals surface area contributed by atoms with Crippen LogP contribution in [-0.2, 0) is 21.1 Å². The van der Waals surface area contributed by atoms with Crippen molar-refractivity contribution in [3.05, 3.63) is 0 Å². The van der Waals surface area contributed by atoms with Crippen LogP contribution in [0.1, 0.15) is 55.4 Å². The first-order chi connectivity index (χ1) is 9.31. The Balaban J connectivity index is -0.000000117. The molecule has 0 heterocycles. The molecule has 1 atom stereocenters. The standard InChI is InChI=1S/2C6H12O2.C3H5ClO2.W/c2*1-5(2,7)6(3,4)8;4-1-3(6)2-5;/h2*1-4H3;3H,1-2H2;/q3*-2;/t;;3-;/m..0./s1. The van der Waals surface area contributed by atoms with E-state index in [1.165, 1.54) is 55.4 Å². The average molecular weight is 525 g/mol. The van der Waals surface area contributed by atoms with E-state index in [-0.39, 0.29) is 26.9 Å². The van der Waals surface area contributed by atoms with Crippen LogP contribution < -0.4 is 30.6 Å². The van der Waals surface area contributed by atoms with Gasteiger partial charge in [0.15, 0.2) is 0 Å². The summed E-state index contributed by atoms with van der Waals surface area (Å²) in [6.45, 7) is 10.6. The summed E-state index contributed by atoms with van der Waals surface area (Å²) in [6.07, 6.45) is -1.10.